The Morgan fingerprint density at radius 1 is 1.39 bits per heavy atom. The van der Waals surface area contributed by atoms with Gasteiger partial charge < -0.3 is 0 Å². The van der Waals surface area contributed by atoms with Crippen LogP contribution in [-0.2, 0) is 10.0 Å². The third kappa shape index (κ3) is 5.56. The van der Waals surface area contributed by atoms with Gasteiger partial charge in [-0.25, -0.2) is 18.1 Å². The third-order valence-electron chi connectivity index (χ3n) is 2.33. The number of pyridine rings is 1. The number of unbranched alkanes of at least 4 members (excludes halogenated alkanes) is 2. The van der Waals surface area contributed by atoms with E-state index in [9.17, 15) is 8.42 Å². The minimum Gasteiger partial charge on any atom is -0.244 e. The highest BCUT2D eigenvalue weighted by molar-refractivity contribution is 7.98. The van der Waals surface area contributed by atoms with Crippen LogP contribution in [0.4, 0.5) is 0 Å². The number of nitrogens with zero attached hydrogens (tertiary/aromatic N) is 1. The van der Waals surface area contributed by atoms with Crippen LogP contribution in [0.5, 0.6) is 0 Å². The largest absolute Gasteiger partial charge is 0.244 e. The molecule has 1 N–H and O–H groups in total. The van der Waals surface area contributed by atoms with Gasteiger partial charge in [0.2, 0.25) is 10.0 Å². The highest BCUT2D eigenvalue weighted by Crippen LogP contribution is 2.12. The summed E-state index contributed by atoms with van der Waals surface area (Å²) in [5, 5.41) is 0.179. The summed E-state index contributed by atoms with van der Waals surface area (Å²) in [5.74, 6) is 1.12. The van der Waals surface area contributed by atoms with E-state index in [2.05, 4.69) is 16.0 Å². The fraction of sp³-hybridized carbons (Fsp3) is 0.545. The van der Waals surface area contributed by atoms with Crippen LogP contribution < -0.4 is 4.72 Å². The standard InChI is InChI=1S/C11H17ClN2O2S2/c1-17-8-4-2-3-6-14-18(15,16)10-5-7-13-11(12)9-10/h5,7,9,14H,2-4,6,8H2,1H3. The summed E-state index contributed by atoms with van der Waals surface area (Å²) >= 11 is 7.47. The van der Waals surface area contributed by atoms with E-state index in [0.29, 0.717) is 6.54 Å². The van der Waals surface area contributed by atoms with E-state index >= 15 is 0 Å². The topological polar surface area (TPSA) is 59.1 Å². The van der Waals surface area contributed by atoms with Gasteiger partial charge in [-0.05, 0) is 37.0 Å². The Kier molecular flexibility index (Phi) is 6.99. The molecular weight excluding hydrogens is 292 g/mol. The maximum absolute atomic E-state index is 11.9. The Bertz CT molecular complexity index is 466. The Hall–Kier alpha value is -0.300. The lowest BCUT2D eigenvalue weighted by Gasteiger charge is -2.06. The lowest BCUT2D eigenvalue weighted by atomic mass is 10.2. The van der Waals surface area contributed by atoms with Crippen LogP contribution in [0.3, 0.4) is 0 Å². The molecule has 0 atom stereocenters. The maximum atomic E-state index is 11.9. The molecular formula is C11H17ClN2O2S2. The van der Waals surface area contributed by atoms with Gasteiger partial charge in [0.25, 0.3) is 0 Å². The van der Waals surface area contributed by atoms with Crippen molar-refractivity contribution in [3.05, 3.63) is 23.5 Å². The molecule has 0 saturated heterocycles. The second kappa shape index (κ2) is 7.99. The smallest absolute Gasteiger partial charge is 0.240 e. The first-order valence-electron chi connectivity index (χ1n) is 5.66. The van der Waals surface area contributed by atoms with Crippen molar-refractivity contribution in [2.45, 2.75) is 24.2 Å². The maximum Gasteiger partial charge on any atom is 0.240 e. The lowest BCUT2D eigenvalue weighted by molar-refractivity contribution is 0.576. The van der Waals surface area contributed by atoms with E-state index in [1.54, 1.807) is 11.8 Å². The van der Waals surface area contributed by atoms with Gasteiger partial charge in [0.05, 0.1) is 4.90 Å². The first kappa shape index (κ1) is 15.8. The normalized spacial score (nSPS) is 11.7. The van der Waals surface area contributed by atoms with Crippen molar-refractivity contribution in [1.29, 1.82) is 0 Å². The number of halogens is 1. The molecule has 0 aromatic carbocycles. The molecule has 0 amide bonds. The fourth-order valence-corrected chi connectivity index (χ4v) is 3.21. The quantitative estimate of drug-likeness (QED) is 0.592. The van der Waals surface area contributed by atoms with Crippen molar-refractivity contribution in [3.63, 3.8) is 0 Å². The van der Waals surface area contributed by atoms with Crippen molar-refractivity contribution < 1.29 is 8.42 Å². The van der Waals surface area contributed by atoms with E-state index in [4.69, 9.17) is 11.6 Å². The van der Waals surface area contributed by atoms with Gasteiger partial charge in [0, 0.05) is 12.7 Å². The van der Waals surface area contributed by atoms with Crippen LogP contribution in [0.1, 0.15) is 19.3 Å². The van der Waals surface area contributed by atoms with Crippen LogP contribution in [0.25, 0.3) is 0 Å². The lowest BCUT2D eigenvalue weighted by Crippen LogP contribution is -2.24. The van der Waals surface area contributed by atoms with Crippen molar-refractivity contribution in [1.82, 2.24) is 9.71 Å². The molecule has 0 aliphatic carbocycles. The van der Waals surface area contributed by atoms with Crippen LogP contribution in [-0.4, -0.2) is 32.0 Å². The van der Waals surface area contributed by atoms with Gasteiger partial charge in [-0.15, -0.1) is 0 Å². The zero-order valence-corrected chi connectivity index (χ0v) is 12.6. The fourth-order valence-electron chi connectivity index (χ4n) is 1.39. The number of sulfonamides is 1. The van der Waals surface area contributed by atoms with E-state index < -0.39 is 10.0 Å². The molecule has 0 aliphatic rings. The van der Waals surface area contributed by atoms with Crippen LogP contribution in [0.15, 0.2) is 23.2 Å². The van der Waals surface area contributed by atoms with Gasteiger partial charge >= 0.3 is 0 Å². The minimum absolute atomic E-state index is 0.159. The predicted molar refractivity (Wildman–Crippen MR) is 76.7 cm³/mol. The molecule has 1 heterocycles. The molecule has 1 rings (SSSR count). The Morgan fingerprint density at radius 3 is 2.83 bits per heavy atom. The van der Waals surface area contributed by atoms with Gasteiger partial charge in [0.15, 0.2) is 0 Å². The molecule has 1 aromatic rings. The molecule has 0 radical (unpaired) electrons. The molecule has 0 spiro atoms. The Balaban J connectivity index is 2.41. The number of hydrogen-bond donors (Lipinski definition) is 1. The first-order valence-corrected chi connectivity index (χ1v) is 8.92. The van der Waals surface area contributed by atoms with E-state index in [1.165, 1.54) is 18.3 Å². The second-order valence-electron chi connectivity index (χ2n) is 3.77. The zero-order valence-electron chi connectivity index (χ0n) is 10.2. The van der Waals surface area contributed by atoms with E-state index in [0.717, 1.165) is 25.0 Å². The Labute approximate surface area is 118 Å². The molecule has 18 heavy (non-hydrogen) atoms. The molecule has 0 aliphatic heterocycles. The number of rotatable bonds is 8. The van der Waals surface area contributed by atoms with Crippen molar-refractivity contribution in [3.8, 4) is 0 Å². The van der Waals surface area contributed by atoms with Gasteiger partial charge in [-0.3, -0.25) is 0 Å². The summed E-state index contributed by atoms with van der Waals surface area (Å²) in [7, 11) is -3.46. The average Bonchev–Trinajstić information content (AvgIpc) is 2.33. The summed E-state index contributed by atoms with van der Waals surface area (Å²) in [4.78, 5) is 3.91. The molecule has 1 aromatic heterocycles. The first-order chi connectivity index (χ1) is 8.56. The van der Waals surface area contributed by atoms with Gasteiger partial charge in [-0.2, -0.15) is 11.8 Å². The summed E-state index contributed by atoms with van der Waals surface area (Å²) < 4.78 is 26.3. The Morgan fingerprint density at radius 2 is 2.17 bits per heavy atom. The number of thioether (sulfide) groups is 1. The van der Waals surface area contributed by atoms with Crippen LogP contribution >= 0.6 is 23.4 Å². The number of hydrogen-bond acceptors (Lipinski definition) is 4. The number of aromatic nitrogens is 1. The van der Waals surface area contributed by atoms with Crippen LogP contribution in [0.2, 0.25) is 5.15 Å². The van der Waals surface area contributed by atoms with Gasteiger partial charge in [0.1, 0.15) is 5.15 Å². The molecule has 0 bridgehead atoms. The SMILES string of the molecule is CSCCCCCNS(=O)(=O)c1ccnc(Cl)c1. The molecule has 0 fully saturated rings. The summed E-state index contributed by atoms with van der Waals surface area (Å²) in [6.45, 7) is 0.455. The van der Waals surface area contributed by atoms with Crippen LogP contribution in [0, 0.1) is 0 Å². The zero-order chi connectivity index (χ0) is 13.4. The minimum atomic E-state index is -3.46. The molecule has 7 heteroatoms. The molecule has 102 valence electrons. The predicted octanol–water partition coefficient (Wildman–Crippen LogP) is 2.55. The number of nitrogens with one attached hydrogen (secondary N) is 1. The van der Waals surface area contributed by atoms with Crippen molar-refractivity contribution in [2.75, 3.05) is 18.6 Å². The third-order valence-corrected chi connectivity index (χ3v) is 4.69. The molecule has 0 saturated carbocycles. The van der Waals surface area contributed by atoms with E-state index in [1.807, 2.05) is 0 Å². The second-order valence-corrected chi connectivity index (χ2v) is 6.91. The summed E-state index contributed by atoms with van der Waals surface area (Å²) in [5.41, 5.74) is 0. The van der Waals surface area contributed by atoms with Crippen molar-refractivity contribution in [2.24, 2.45) is 0 Å². The summed E-state index contributed by atoms with van der Waals surface area (Å²) in [6, 6.07) is 2.78. The highest BCUT2D eigenvalue weighted by atomic mass is 35.5. The summed E-state index contributed by atoms with van der Waals surface area (Å²) in [6.07, 6.45) is 6.44. The average molecular weight is 309 g/mol. The van der Waals surface area contributed by atoms with Gasteiger partial charge in [-0.1, -0.05) is 18.0 Å². The van der Waals surface area contributed by atoms with E-state index in [-0.39, 0.29) is 10.0 Å². The van der Waals surface area contributed by atoms with Crippen molar-refractivity contribution >= 4 is 33.4 Å². The highest BCUT2D eigenvalue weighted by Gasteiger charge is 2.13. The molecule has 0 unspecified atom stereocenters. The monoisotopic (exact) mass is 308 g/mol. The molecule has 4 nitrogen and oxygen atoms in total.